The summed E-state index contributed by atoms with van der Waals surface area (Å²) in [5, 5.41) is 17.8. The number of nitrogens with two attached hydrogens (primary N) is 1. The molecule has 0 saturated heterocycles. The molecule has 5 nitrogen and oxygen atoms in total. The Balaban J connectivity index is 2.74. The average molecular weight is 191 g/mol. The van der Waals surface area contributed by atoms with Gasteiger partial charge in [0.2, 0.25) is 0 Å². The van der Waals surface area contributed by atoms with Gasteiger partial charge >= 0.3 is 5.97 Å². The fraction of sp³-hybridized carbons (Fsp3) is 0.333. The zero-order chi connectivity index (χ0) is 10.3. The molecule has 0 unspecified atom stereocenters. The molecule has 0 bridgehead atoms. The van der Waals surface area contributed by atoms with Crippen molar-refractivity contribution in [1.82, 2.24) is 4.57 Å². The van der Waals surface area contributed by atoms with E-state index in [1.54, 1.807) is 4.57 Å². The van der Waals surface area contributed by atoms with Crippen LogP contribution in [0.25, 0.3) is 0 Å². The number of rotatable bonds is 1. The third-order valence-electron chi connectivity index (χ3n) is 2.52. The number of fused-ring (bicyclic) bond motifs is 1. The first kappa shape index (κ1) is 8.63. The third kappa shape index (κ3) is 0.909. The van der Waals surface area contributed by atoms with Crippen molar-refractivity contribution in [2.24, 2.45) is 0 Å². The lowest BCUT2D eigenvalue weighted by molar-refractivity contribution is 0.0686. The van der Waals surface area contributed by atoms with Crippen LogP contribution in [-0.4, -0.2) is 15.6 Å². The molecule has 0 radical (unpaired) electrons. The summed E-state index contributed by atoms with van der Waals surface area (Å²) in [6.45, 7) is 0.642. The molecule has 14 heavy (non-hydrogen) atoms. The quantitative estimate of drug-likeness (QED) is 0.679. The fourth-order valence-electron chi connectivity index (χ4n) is 1.96. The van der Waals surface area contributed by atoms with Crippen molar-refractivity contribution in [2.45, 2.75) is 19.4 Å². The molecule has 1 aromatic heterocycles. The standard InChI is InChI=1S/C9H9N3O2/c10-4-5-6-2-1-3-12(6)8(7(5)11)9(13)14/h1-3,11H2,(H,13,14). The number of nitriles is 1. The SMILES string of the molecule is N#Cc1c(N)c(C(=O)O)n2c1CCC2. The van der Waals surface area contributed by atoms with Gasteiger partial charge in [0.25, 0.3) is 0 Å². The predicted octanol–water partition coefficient (Wildman–Crippen LogP) is 0.586. The minimum Gasteiger partial charge on any atom is -0.477 e. The molecule has 2 heterocycles. The van der Waals surface area contributed by atoms with Crippen LogP contribution in [0.1, 0.15) is 28.2 Å². The Morgan fingerprint density at radius 1 is 1.64 bits per heavy atom. The van der Waals surface area contributed by atoms with Crippen molar-refractivity contribution < 1.29 is 9.90 Å². The summed E-state index contributed by atoms with van der Waals surface area (Å²) < 4.78 is 1.64. The van der Waals surface area contributed by atoms with Crippen molar-refractivity contribution in [3.63, 3.8) is 0 Å². The number of carboxylic acids is 1. The minimum absolute atomic E-state index is 0.0639. The third-order valence-corrected chi connectivity index (χ3v) is 2.52. The Labute approximate surface area is 80.4 Å². The van der Waals surface area contributed by atoms with Crippen molar-refractivity contribution in [1.29, 1.82) is 5.26 Å². The Hall–Kier alpha value is -1.96. The minimum atomic E-state index is -1.06. The normalized spacial score (nSPS) is 13.6. The van der Waals surface area contributed by atoms with Crippen LogP contribution in [0.2, 0.25) is 0 Å². The van der Waals surface area contributed by atoms with E-state index < -0.39 is 5.97 Å². The molecular weight excluding hydrogens is 182 g/mol. The monoisotopic (exact) mass is 191 g/mol. The number of nitrogen functional groups attached to an aromatic ring is 1. The second-order valence-corrected chi connectivity index (χ2v) is 3.26. The lowest BCUT2D eigenvalue weighted by Gasteiger charge is -2.00. The highest BCUT2D eigenvalue weighted by molar-refractivity contribution is 5.94. The number of aromatic nitrogens is 1. The van der Waals surface area contributed by atoms with Crippen LogP contribution in [-0.2, 0) is 13.0 Å². The first-order valence-electron chi connectivity index (χ1n) is 4.31. The first-order chi connectivity index (χ1) is 6.66. The van der Waals surface area contributed by atoms with Crippen LogP contribution in [0.3, 0.4) is 0 Å². The van der Waals surface area contributed by atoms with E-state index in [2.05, 4.69) is 0 Å². The smallest absolute Gasteiger partial charge is 0.354 e. The predicted molar refractivity (Wildman–Crippen MR) is 48.8 cm³/mol. The molecule has 0 spiro atoms. The number of nitrogens with zero attached hydrogens (tertiary/aromatic N) is 2. The van der Waals surface area contributed by atoms with Gasteiger partial charge in [-0.1, -0.05) is 0 Å². The molecule has 0 amide bonds. The summed E-state index contributed by atoms with van der Waals surface area (Å²) >= 11 is 0. The van der Waals surface area contributed by atoms with Gasteiger partial charge in [0.05, 0.1) is 11.3 Å². The van der Waals surface area contributed by atoms with Gasteiger partial charge < -0.3 is 15.4 Å². The average Bonchev–Trinajstić information content (AvgIpc) is 2.62. The van der Waals surface area contributed by atoms with Gasteiger partial charge in [-0.05, 0) is 12.8 Å². The molecule has 0 aromatic carbocycles. The lowest BCUT2D eigenvalue weighted by atomic mass is 10.1. The van der Waals surface area contributed by atoms with Crippen molar-refractivity contribution in [3.8, 4) is 6.07 Å². The molecule has 1 aliphatic heterocycles. The molecule has 72 valence electrons. The van der Waals surface area contributed by atoms with E-state index in [0.717, 1.165) is 18.5 Å². The molecule has 0 saturated carbocycles. The van der Waals surface area contributed by atoms with E-state index in [1.807, 2.05) is 6.07 Å². The maximum absolute atomic E-state index is 10.9. The molecule has 5 heteroatoms. The van der Waals surface area contributed by atoms with E-state index >= 15 is 0 Å². The van der Waals surface area contributed by atoms with Crippen LogP contribution in [0.4, 0.5) is 5.69 Å². The van der Waals surface area contributed by atoms with Crippen LogP contribution >= 0.6 is 0 Å². The number of hydrogen-bond acceptors (Lipinski definition) is 3. The largest absolute Gasteiger partial charge is 0.477 e. The zero-order valence-corrected chi connectivity index (χ0v) is 7.45. The summed E-state index contributed by atoms with van der Waals surface area (Å²) in [7, 11) is 0. The zero-order valence-electron chi connectivity index (χ0n) is 7.45. The Morgan fingerprint density at radius 2 is 2.36 bits per heavy atom. The van der Waals surface area contributed by atoms with Crippen LogP contribution in [0.15, 0.2) is 0 Å². The van der Waals surface area contributed by atoms with Gasteiger partial charge in [0.1, 0.15) is 6.07 Å². The van der Waals surface area contributed by atoms with E-state index in [9.17, 15) is 4.79 Å². The van der Waals surface area contributed by atoms with E-state index in [4.69, 9.17) is 16.1 Å². The van der Waals surface area contributed by atoms with Gasteiger partial charge in [-0.25, -0.2) is 4.79 Å². The highest BCUT2D eigenvalue weighted by Gasteiger charge is 2.27. The van der Waals surface area contributed by atoms with E-state index in [0.29, 0.717) is 12.1 Å². The molecule has 0 atom stereocenters. The first-order valence-corrected chi connectivity index (χ1v) is 4.31. The summed E-state index contributed by atoms with van der Waals surface area (Å²) in [6.07, 6.45) is 1.62. The van der Waals surface area contributed by atoms with Crippen LogP contribution in [0, 0.1) is 11.3 Å². The second-order valence-electron chi connectivity index (χ2n) is 3.26. The number of carboxylic acid groups (broad SMARTS) is 1. The van der Waals surface area contributed by atoms with Gasteiger partial charge in [0, 0.05) is 12.2 Å². The van der Waals surface area contributed by atoms with Crippen molar-refractivity contribution in [3.05, 3.63) is 17.0 Å². The van der Waals surface area contributed by atoms with Crippen molar-refractivity contribution in [2.75, 3.05) is 5.73 Å². The summed E-state index contributed by atoms with van der Waals surface area (Å²) in [5.41, 5.74) is 6.87. The number of aromatic carboxylic acids is 1. The topological polar surface area (TPSA) is 92.0 Å². The molecule has 2 rings (SSSR count). The summed E-state index contributed by atoms with van der Waals surface area (Å²) in [4.78, 5) is 10.9. The molecule has 0 fully saturated rings. The van der Waals surface area contributed by atoms with Gasteiger partial charge in [-0.3, -0.25) is 0 Å². The fourth-order valence-corrected chi connectivity index (χ4v) is 1.96. The lowest BCUT2D eigenvalue weighted by Crippen LogP contribution is -2.08. The maximum Gasteiger partial charge on any atom is 0.354 e. The maximum atomic E-state index is 10.9. The van der Waals surface area contributed by atoms with E-state index in [1.165, 1.54) is 0 Å². The molecule has 0 aliphatic carbocycles. The van der Waals surface area contributed by atoms with Gasteiger partial charge in [-0.2, -0.15) is 5.26 Å². The Morgan fingerprint density at radius 3 is 2.93 bits per heavy atom. The number of hydrogen-bond donors (Lipinski definition) is 2. The molecule has 3 N–H and O–H groups in total. The second kappa shape index (κ2) is 2.77. The van der Waals surface area contributed by atoms with Crippen molar-refractivity contribution >= 4 is 11.7 Å². The van der Waals surface area contributed by atoms with E-state index in [-0.39, 0.29) is 11.4 Å². The summed E-state index contributed by atoms with van der Waals surface area (Å²) in [6, 6.07) is 1.96. The highest BCUT2D eigenvalue weighted by Crippen LogP contribution is 2.30. The highest BCUT2D eigenvalue weighted by atomic mass is 16.4. The Kier molecular flexibility index (Phi) is 1.71. The molecule has 1 aromatic rings. The molecule has 1 aliphatic rings. The van der Waals surface area contributed by atoms with Crippen LogP contribution in [0.5, 0.6) is 0 Å². The van der Waals surface area contributed by atoms with Gasteiger partial charge in [0.15, 0.2) is 5.69 Å². The molecular formula is C9H9N3O2. The Bertz CT molecular complexity index is 454. The van der Waals surface area contributed by atoms with Gasteiger partial charge in [-0.15, -0.1) is 0 Å². The summed E-state index contributed by atoms with van der Waals surface area (Å²) in [5.74, 6) is -1.06. The van der Waals surface area contributed by atoms with Crippen LogP contribution < -0.4 is 5.73 Å². The number of anilines is 1. The number of carbonyl (C=O) groups is 1.